The lowest BCUT2D eigenvalue weighted by atomic mass is 9.85. The van der Waals surface area contributed by atoms with E-state index < -0.39 is 0 Å². The first-order valence-electron chi connectivity index (χ1n) is 18.4. The van der Waals surface area contributed by atoms with E-state index in [1.165, 1.54) is 129 Å². The molecule has 1 aliphatic rings. The average molecular weight is 657 g/mol. The van der Waals surface area contributed by atoms with Gasteiger partial charge in [-0.2, -0.15) is 0 Å². The van der Waals surface area contributed by atoms with Gasteiger partial charge in [-0.15, -0.1) is 0 Å². The van der Waals surface area contributed by atoms with Crippen molar-refractivity contribution >= 4 is 91.8 Å². The van der Waals surface area contributed by atoms with Crippen LogP contribution in [0.15, 0.2) is 158 Å². The van der Waals surface area contributed by atoms with Gasteiger partial charge in [-0.25, -0.2) is 0 Å². The third-order valence-electron chi connectivity index (χ3n) is 12.1. The van der Waals surface area contributed by atoms with Crippen LogP contribution in [-0.2, 0) is 0 Å². The number of allylic oxidation sites excluding steroid dienone is 4. The molecule has 0 aromatic heterocycles. The zero-order valence-electron chi connectivity index (χ0n) is 29.0. The minimum atomic E-state index is 1.26. The molecule has 0 amide bonds. The van der Waals surface area contributed by atoms with Crippen LogP contribution >= 0.6 is 0 Å². The molecular weight excluding hydrogens is 625 g/mol. The van der Waals surface area contributed by atoms with E-state index in [0.29, 0.717) is 0 Å². The van der Waals surface area contributed by atoms with E-state index in [0.717, 1.165) is 0 Å². The van der Waals surface area contributed by atoms with Crippen molar-refractivity contribution in [3.63, 3.8) is 0 Å². The molecule has 0 heteroatoms. The molecule has 12 rings (SSSR count). The Kier molecular flexibility index (Phi) is 5.46. The van der Waals surface area contributed by atoms with E-state index in [9.17, 15) is 0 Å². The van der Waals surface area contributed by atoms with E-state index >= 15 is 0 Å². The molecule has 11 aromatic rings. The molecule has 0 aliphatic heterocycles. The van der Waals surface area contributed by atoms with Crippen LogP contribution in [-0.4, -0.2) is 0 Å². The van der Waals surface area contributed by atoms with Gasteiger partial charge in [-0.3, -0.25) is 0 Å². The monoisotopic (exact) mass is 656 g/mol. The molecule has 0 bridgehead atoms. The summed E-state index contributed by atoms with van der Waals surface area (Å²) in [7, 11) is 0. The molecule has 0 heterocycles. The summed E-state index contributed by atoms with van der Waals surface area (Å²) in [5, 5.41) is 26.8. The Morgan fingerprint density at radius 1 is 0.404 bits per heavy atom. The molecule has 0 fully saturated rings. The quantitative estimate of drug-likeness (QED) is 0.166. The second-order valence-electron chi connectivity index (χ2n) is 14.7. The minimum Gasteiger partial charge on any atom is -0.0877 e. The topological polar surface area (TPSA) is 0 Å². The van der Waals surface area contributed by atoms with Gasteiger partial charge in [0.2, 0.25) is 0 Å². The molecule has 0 atom stereocenters. The Hall–Kier alpha value is -6.50. The van der Waals surface area contributed by atoms with Crippen molar-refractivity contribution < 1.29 is 0 Å². The fraction of sp³-hybridized carbons (Fsp3) is 0.0385. The number of rotatable bonds is 3. The van der Waals surface area contributed by atoms with Crippen LogP contribution < -0.4 is 0 Å². The highest BCUT2D eigenvalue weighted by atomic mass is 14.3. The highest BCUT2D eigenvalue weighted by Gasteiger charge is 2.26. The second kappa shape index (κ2) is 10.1. The lowest BCUT2D eigenvalue weighted by molar-refractivity contribution is 1.53. The maximum atomic E-state index is 2.52. The van der Waals surface area contributed by atoms with Crippen molar-refractivity contribution in [2.75, 3.05) is 0 Å². The molecule has 0 saturated heterocycles. The second-order valence-corrected chi connectivity index (χ2v) is 14.7. The van der Waals surface area contributed by atoms with Gasteiger partial charge in [-0.05, 0) is 167 Å². The summed E-state index contributed by atoms with van der Waals surface area (Å²) in [5.74, 6) is 0. The third-order valence-corrected chi connectivity index (χ3v) is 12.1. The molecule has 0 spiro atoms. The van der Waals surface area contributed by atoms with E-state index in [2.05, 4.69) is 172 Å². The summed E-state index contributed by atoms with van der Waals surface area (Å²) >= 11 is 0. The maximum absolute atomic E-state index is 2.52. The van der Waals surface area contributed by atoms with Crippen LogP contribution in [0.2, 0.25) is 0 Å². The summed E-state index contributed by atoms with van der Waals surface area (Å²) in [4.78, 5) is 0. The fourth-order valence-electron chi connectivity index (χ4n) is 9.99. The molecular formula is C52H32. The predicted molar refractivity (Wildman–Crippen MR) is 225 cm³/mol. The van der Waals surface area contributed by atoms with Gasteiger partial charge in [0.05, 0.1) is 0 Å². The predicted octanol–water partition coefficient (Wildman–Crippen LogP) is 14.3. The largest absolute Gasteiger partial charge is 0.0877 e. The van der Waals surface area contributed by atoms with Gasteiger partial charge >= 0.3 is 0 Å². The minimum absolute atomic E-state index is 1.26. The van der Waals surface area contributed by atoms with Crippen LogP contribution in [0.3, 0.4) is 0 Å². The first-order chi connectivity index (χ1) is 25.7. The van der Waals surface area contributed by atoms with Crippen LogP contribution in [0.5, 0.6) is 0 Å². The SMILES string of the molecule is CC=CC=C(C)c1c2cc3c(cc2c(-c2ccccc2)c2c4ccc5c6c(ccc(c12)c64)=c1cc2ccccc2cc1=5)c1cccc2cccc3c21. The molecule has 0 radical (unpaired) electrons. The van der Waals surface area contributed by atoms with Crippen molar-refractivity contribution in [2.24, 2.45) is 0 Å². The van der Waals surface area contributed by atoms with Crippen LogP contribution in [0.1, 0.15) is 19.4 Å². The van der Waals surface area contributed by atoms with Crippen molar-refractivity contribution in [3.05, 3.63) is 184 Å². The lowest BCUT2D eigenvalue weighted by Gasteiger charge is -2.17. The molecule has 11 aromatic carbocycles. The van der Waals surface area contributed by atoms with Crippen molar-refractivity contribution in [1.29, 1.82) is 0 Å². The molecule has 240 valence electrons. The maximum Gasteiger partial charge on any atom is -0.000752 e. The Morgan fingerprint density at radius 3 is 1.65 bits per heavy atom. The van der Waals surface area contributed by atoms with Gasteiger partial charge in [0.1, 0.15) is 0 Å². The summed E-state index contributed by atoms with van der Waals surface area (Å²) in [5.41, 5.74) is 5.20. The molecule has 0 saturated carbocycles. The third kappa shape index (κ3) is 3.47. The number of hydrogen-bond acceptors (Lipinski definition) is 0. The molecule has 0 unspecified atom stereocenters. The normalized spacial score (nSPS) is 13.2. The Morgan fingerprint density at radius 2 is 1.00 bits per heavy atom. The molecule has 0 N–H and O–H groups in total. The van der Waals surface area contributed by atoms with E-state index in [1.54, 1.807) is 0 Å². The van der Waals surface area contributed by atoms with Crippen molar-refractivity contribution in [2.45, 2.75) is 13.8 Å². The zero-order chi connectivity index (χ0) is 34.2. The van der Waals surface area contributed by atoms with Crippen molar-refractivity contribution in [3.8, 4) is 11.1 Å². The van der Waals surface area contributed by atoms with Gasteiger partial charge in [0.25, 0.3) is 0 Å². The van der Waals surface area contributed by atoms with Gasteiger partial charge < -0.3 is 0 Å². The fourth-order valence-corrected chi connectivity index (χ4v) is 9.99. The smallest absolute Gasteiger partial charge is 0.000752 e. The summed E-state index contributed by atoms with van der Waals surface area (Å²) in [6.07, 6.45) is 6.63. The Balaban J connectivity index is 1.38. The summed E-state index contributed by atoms with van der Waals surface area (Å²) < 4.78 is 0. The number of benzene rings is 9. The number of fused-ring (bicyclic) bond motifs is 9. The Bertz CT molecular complexity index is 3560. The highest BCUT2D eigenvalue weighted by Crippen LogP contribution is 2.52. The number of hydrogen-bond donors (Lipinski definition) is 0. The van der Waals surface area contributed by atoms with Gasteiger partial charge in [0, 0.05) is 0 Å². The average Bonchev–Trinajstić information content (AvgIpc) is 3.80. The first kappa shape index (κ1) is 28.2. The standard InChI is InChI=1S/C52H32/c1-3-4-12-29(2)46-44-27-42-34-19-10-17-30-18-11-20-35(47(30)34)43(42)28-45(44)48(31-13-6-5-7-14-31)52-39-24-22-37-41-26-33-16-9-8-15-32(33)25-40(41)36-21-23-38(51(46)52)50(39)49(36)37/h3-28H,1-2H3. The Labute approximate surface area is 299 Å². The zero-order valence-corrected chi connectivity index (χ0v) is 29.0. The van der Waals surface area contributed by atoms with Crippen LogP contribution in [0.25, 0.3) is 103 Å². The van der Waals surface area contributed by atoms with Gasteiger partial charge in [0.15, 0.2) is 0 Å². The summed E-state index contributed by atoms with van der Waals surface area (Å²) in [6, 6.07) is 53.0. The molecule has 1 aliphatic carbocycles. The lowest BCUT2D eigenvalue weighted by Crippen LogP contribution is -1.91. The van der Waals surface area contributed by atoms with Gasteiger partial charge in [-0.1, -0.05) is 133 Å². The highest BCUT2D eigenvalue weighted by molar-refractivity contribution is 6.40. The molecule has 0 nitrogen and oxygen atoms in total. The van der Waals surface area contributed by atoms with Crippen molar-refractivity contribution in [1.82, 2.24) is 0 Å². The van der Waals surface area contributed by atoms with E-state index in [-0.39, 0.29) is 0 Å². The van der Waals surface area contributed by atoms with E-state index in [1.807, 2.05) is 0 Å². The molecule has 52 heavy (non-hydrogen) atoms. The van der Waals surface area contributed by atoms with E-state index in [4.69, 9.17) is 0 Å². The summed E-state index contributed by atoms with van der Waals surface area (Å²) in [6.45, 7) is 4.41. The van der Waals surface area contributed by atoms with Crippen LogP contribution in [0.4, 0.5) is 0 Å². The first-order valence-corrected chi connectivity index (χ1v) is 18.4. The van der Waals surface area contributed by atoms with Crippen LogP contribution in [0, 0.1) is 20.9 Å².